The van der Waals surface area contributed by atoms with E-state index in [1.54, 1.807) is 4.90 Å². The van der Waals surface area contributed by atoms with Crippen LogP contribution in [0.4, 0.5) is 4.79 Å². The summed E-state index contributed by atoms with van der Waals surface area (Å²) in [7, 11) is 0. The fraction of sp³-hybridized carbons (Fsp3) is 0.857. The van der Waals surface area contributed by atoms with E-state index in [0.717, 1.165) is 0 Å². The van der Waals surface area contributed by atoms with Crippen molar-refractivity contribution in [1.29, 1.82) is 0 Å². The van der Waals surface area contributed by atoms with Crippen molar-refractivity contribution in [3.05, 3.63) is 0 Å². The first kappa shape index (κ1) is 16.0. The largest absolute Gasteiger partial charge is 0.481 e. The van der Waals surface area contributed by atoms with Gasteiger partial charge in [0.15, 0.2) is 0 Å². The molecule has 2 aliphatic heterocycles. The quantitative estimate of drug-likeness (QED) is 0.783. The molecule has 0 aromatic heterocycles. The van der Waals surface area contributed by atoms with Gasteiger partial charge in [0.2, 0.25) is 0 Å². The maximum Gasteiger partial charge on any atom is 0.410 e. The monoisotopic (exact) mass is 299 g/mol. The number of nitrogens with one attached hydrogen (secondary N) is 1. The molecule has 2 fully saturated rings. The van der Waals surface area contributed by atoms with Crippen LogP contribution in [0.1, 0.15) is 27.2 Å². The van der Waals surface area contributed by atoms with Gasteiger partial charge in [-0.15, -0.1) is 0 Å². The number of piperazine rings is 1. The lowest BCUT2D eigenvalue weighted by atomic mass is 9.86. The van der Waals surface area contributed by atoms with Crippen molar-refractivity contribution in [3.8, 4) is 0 Å². The smallest absolute Gasteiger partial charge is 0.410 e. The minimum absolute atomic E-state index is 0.145. The molecule has 2 rings (SSSR count). The third-order valence-electron chi connectivity index (χ3n) is 3.99. The Bertz CT molecular complexity index is 407. The molecule has 1 amide bonds. The van der Waals surface area contributed by atoms with E-state index in [4.69, 9.17) is 9.84 Å². The average Bonchev–Trinajstić information content (AvgIpc) is 2.32. The Balaban J connectivity index is 1.88. The van der Waals surface area contributed by atoms with Gasteiger partial charge in [-0.3, -0.25) is 9.69 Å². The van der Waals surface area contributed by atoms with E-state index in [1.165, 1.54) is 0 Å². The molecule has 0 unspecified atom stereocenters. The first-order chi connectivity index (χ1) is 9.72. The summed E-state index contributed by atoms with van der Waals surface area (Å²) in [5, 5.41) is 12.2. The molecule has 0 spiro atoms. The van der Waals surface area contributed by atoms with Crippen LogP contribution in [0.3, 0.4) is 0 Å². The van der Waals surface area contributed by atoms with E-state index in [2.05, 4.69) is 10.2 Å². The van der Waals surface area contributed by atoms with Crippen LogP contribution in [-0.4, -0.2) is 77.4 Å². The van der Waals surface area contributed by atoms with Crippen molar-refractivity contribution in [2.24, 2.45) is 0 Å². The van der Waals surface area contributed by atoms with Gasteiger partial charge in [0, 0.05) is 39.3 Å². The number of aliphatic carboxylic acids is 1. The highest BCUT2D eigenvalue weighted by atomic mass is 16.6. The predicted octanol–water partition coefficient (Wildman–Crippen LogP) is 0.356. The molecule has 2 N–H and O–H groups in total. The standard InChI is InChI=1S/C14H25N3O4/c1-13(2,3)21-12(20)16-4-6-17(7-5-16)14(8-11(18)19)9-15-10-14/h15H,4-10H2,1-3H3,(H,18,19). The van der Waals surface area contributed by atoms with Crippen LogP contribution in [0.25, 0.3) is 0 Å². The van der Waals surface area contributed by atoms with Gasteiger partial charge in [-0.1, -0.05) is 0 Å². The van der Waals surface area contributed by atoms with Crippen molar-refractivity contribution in [3.63, 3.8) is 0 Å². The lowest BCUT2D eigenvalue weighted by molar-refractivity contribution is -0.142. The second-order valence-corrected chi connectivity index (χ2v) is 6.85. The highest BCUT2D eigenvalue weighted by Crippen LogP contribution is 2.26. The molecular weight excluding hydrogens is 274 g/mol. The molecule has 120 valence electrons. The molecular formula is C14H25N3O4. The van der Waals surface area contributed by atoms with Gasteiger partial charge in [-0.05, 0) is 20.8 Å². The van der Waals surface area contributed by atoms with Crippen LogP contribution in [0.5, 0.6) is 0 Å². The average molecular weight is 299 g/mol. The lowest BCUT2D eigenvalue weighted by Crippen LogP contribution is -2.72. The van der Waals surface area contributed by atoms with Crippen molar-refractivity contribution >= 4 is 12.1 Å². The number of nitrogens with zero attached hydrogens (tertiary/aromatic N) is 2. The van der Waals surface area contributed by atoms with E-state index >= 15 is 0 Å². The molecule has 7 heteroatoms. The van der Waals surface area contributed by atoms with Crippen molar-refractivity contribution < 1.29 is 19.4 Å². The van der Waals surface area contributed by atoms with Crippen molar-refractivity contribution in [2.75, 3.05) is 39.3 Å². The second kappa shape index (κ2) is 5.81. The van der Waals surface area contributed by atoms with Crippen molar-refractivity contribution in [2.45, 2.75) is 38.3 Å². The van der Waals surface area contributed by atoms with Crippen LogP contribution < -0.4 is 5.32 Å². The summed E-state index contributed by atoms with van der Waals surface area (Å²) in [6, 6.07) is 0. The van der Waals surface area contributed by atoms with E-state index in [-0.39, 0.29) is 18.1 Å². The van der Waals surface area contributed by atoms with Gasteiger partial charge in [0.25, 0.3) is 0 Å². The van der Waals surface area contributed by atoms with Gasteiger partial charge in [0.1, 0.15) is 5.60 Å². The molecule has 21 heavy (non-hydrogen) atoms. The highest BCUT2D eigenvalue weighted by molar-refractivity contribution is 5.69. The maximum atomic E-state index is 12.0. The summed E-state index contributed by atoms with van der Waals surface area (Å²) in [6.45, 7) is 9.49. The van der Waals surface area contributed by atoms with Gasteiger partial charge in [-0.2, -0.15) is 0 Å². The Kier molecular flexibility index (Phi) is 4.43. The molecule has 0 aliphatic carbocycles. The molecule has 7 nitrogen and oxygen atoms in total. The van der Waals surface area contributed by atoms with Crippen molar-refractivity contribution in [1.82, 2.24) is 15.1 Å². The maximum absolute atomic E-state index is 12.0. The van der Waals surface area contributed by atoms with Crippen LogP contribution in [0.2, 0.25) is 0 Å². The summed E-state index contributed by atoms with van der Waals surface area (Å²) in [5.74, 6) is -0.772. The van der Waals surface area contributed by atoms with Crippen LogP contribution >= 0.6 is 0 Å². The Hall–Kier alpha value is -1.34. The zero-order chi connectivity index (χ0) is 15.7. The van der Waals surface area contributed by atoms with Gasteiger partial charge >= 0.3 is 12.1 Å². The molecule has 0 radical (unpaired) electrons. The number of hydrogen-bond acceptors (Lipinski definition) is 5. The highest BCUT2D eigenvalue weighted by Gasteiger charge is 2.45. The lowest BCUT2D eigenvalue weighted by Gasteiger charge is -2.52. The van der Waals surface area contributed by atoms with Crippen LogP contribution in [0, 0.1) is 0 Å². The molecule has 2 saturated heterocycles. The van der Waals surface area contributed by atoms with Crippen LogP contribution in [-0.2, 0) is 9.53 Å². The fourth-order valence-electron chi connectivity index (χ4n) is 2.85. The number of carboxylic acids is 1. The molecule has 0 aromatic carbocycles. The number of amides is 1. The Morgan fingerprint density at radius 1 is 1.19 bits per heavy atom. The minimum Gasteiger partial charge on any atom is -0.481 e. The first-order valence-corrected chi connectivity index (χ1v) is 7.37. The normalized spacial score (nSPS) is 22.5. The third-order valence-corrected chi connectivity index (χ3v) is 3.99. The topological polar surface area (TPSA) is 82.1 Å². The Labute approximate surface area is 125 Å². The zero-order valence-corrected chi connectivity index (χ0v) is 13.0. The first-order valence-electron chi connectivity index (χ1n) is 7.37. The molecule has 0 aromatic rings. The summed E-state index contributed by atoms with van der Waals surface area (Å²) < 4.78 is 5.36. The molecule has 0 atom stereocenters. The number of ether oxygens (including phenoxy) is 1. The molecule has 2 heterocycles. The summed E-state index contributed by atoms with van der Waals surface area (Å²) in [4.78, 5) is 26.9. The third kappa shape index (κ3) is 3.85. The molecule has 2 aliphatic rings. The second-order valence-electron chi connectivity index (χ2n) is 6.85. The van der Waals surface area contributed by atoms with Gasteiger partial charge in [0.05, 0.1) is 12.0 Å². The Morgan fingerprint density at radius 2 is 1.76 bits per heavy atom. The van der Waals surface area contributed by atoms with E-state index in [9.17, 15) is 9.59 Å². The number of rotatable bonds is 3. The minimum atomic E-state index is -0.772. The number of hydrogen-bond donors (Lipinski definition) is 2. The van der Waals surface area contributed by atoms with E-state index in [1.807, 2.05) is 20.8 Å². The zero-order valence-electron chi connectivity index (χ0n) is 13.0. The predicted molar refractivity (Wildman–Crippen MR) is 77.2 cm³/mol. The van der Waals surface area contributed by atoms with E-state index < -0.39 is 11.6 Å². The molecule has 0 bridgehead atoms. The fourth-order valence-corrected chi connectivity index (χ4v) is 2.85. The van der Waals surface area contributed by atoms with E-state index in [0.29, 0.717) is 39.3 Å². The van der Waals surface area contributed by atoms with Gasteiger partial charge in [-0.25, -0.2) is 4.79 Å². The summed E-state index contributed by atoms with van der Waals surface area (Å²) >= 11 is 0. The Morgan fingerprint density at radius 3 is 2.14 bits per heavy atom. The number of carbonyl (C=O) groups is 2. The SMILES string of the molecule is CC(C)(C)OC(=O)N1CCN(C2(CC(=O)O)CNC2)CC1. The summed E-state index contributed by atoms with van der Waals surface area (Å²) in [6.07, 6.45) is -0.145. The van der Waals surface area contributed by atoms with Gasteiger partial charge < -0.3 is 20.1 Å². The number of carboxylic acid groups (broad SMARTS) is 1. The van der Waals surface area contributed by atoms with Crippen LogP contribution in [0.15, 0.2) is 0 Å². The summed E-state index contributed by atoms with van der Waals surface area (Å²) in [5.41, 5.74) is -0.775. The number of carbonyl (C=O) groups excluding carboxylic acids is 1. The molecule has 0 saturated carbocycles.